The van der Waals surface area contributed by atoms with E-state index in [9.17, 15) is 0 Å². The van der Waals surface area contributed by atoms with Crippen molar-refractivity contribution in [3.63, 3.8) is 0 Å². The van der Waals surface area contributed by atoms with Gasteiger partial charge in [0.2, 0.25) is 0 Å². The van der Waals surface area contributed by atoms with Crippen molar-refractivity contribution in [3.05, 3.63) is 0 Å². The first kappa shape index (κ1) is 4.34. The summed E-state index contributed by atoms with van der Waals surface area (Å²) in [6.07, 6.45) is 2.75. The van der Waals surface area contributed by atoms with Gasteiger partial charge < -0.3 is 4.43 Å². The van der Waals surface area contributed by atoms with Crippen LogP contribution in [-0.2, 0) is 4.43 Å². The quantitative estimate of drug-likeness (QED) is 0.407. The molecule has 0 amide bonds. The van der Waals surface area contributed by atoms with Crippen LogP contribution in [0.4, 0.5) is 0 Å². The summed E-state index contributed by atoms with van der Waals surface area (Å²) in [7, 11) is 0.00849. The Balaban J connectivity index is 0. The van der Waals surface area contributed by atoms with E-state index in [0.29, 0.717) is 0 Å². The van der Waals surface area contributed by atoms with Gasteiger partial charge >= 0.3 is 2.85 Å². The van der Waals surface area contributed by atoms with Gasteiger partial charge in [-0.15, -0.1) is 0 Å². The lowest BCUT2D eigenvalue weighted by atomic mass is 10.4. The predicted octanol–water partition coefficient (Wildman–Crippen LogP) is 0.524. The third-order valence-corrected chi connectivity index (χ3v) is 2.44. The molecule has 1 fully saturated rings. The Bertz CT molecular complexity index is 29.5. The minimum atomic E-state index is 0. The smallest absolute Gasteiger partial charge is 0.424 e. The van der Waals surface area contributed by atoms with Crippen LogP contribution in [0.2, 0.25) is 6.04 Å². The number of hydrogen-bond acceptors (Lipinski definition) is 1. The summed E-state index contributed by atoms with van der Waals surface area (Å²) >= 11 is 0. The molecule has 0 aromatic rings. The fourth-order valence-electron chi connectivity index (χ4n) is 0.687. The monoisotopic (exact) mass is 104 g/mol. The van der Waals surface area contributed by atoms with Crippen LogP contribution in [0.15, 0.2) is 0 Å². The molecule has 0 radical (unpaired) electrons. The normalized spacial score (nSPS) is 28.0. The minimum Gasteiger partial charge on any atom is -0.424 e. The number of hydrogen-bond donors (Lipinski definition) is 0. The van der Waals surface area contributed by atoms with Crippen LogP contribution in [0, 0.1) is 0 Å². The first-order chi connectivity index (χ1) is 3.00. The van der Waals surface area contributed by atoms with Crippen LogP contribution in [0.5, 0.6) is 0 Å². The summed E-state index contributed by atoms with van der Waals surface area (Å²) in [4.78, 5) is 0. The van der Waals surface area contributed by atoms with Crippen molar-refractivity contribution in [1.29, 1.82) is 0 Å². The molecule has 1 aliphatic rings. The lowest BCUT2D eigenvalue weighted by molar-refractivity contribution is 0.304. The Morgan fingerprint density at radius 1 is 1.50 bits per heavy atom. The molecule has 2 heteroatoms. The van der Waals surface area contributed by atoms with E-state index >= 15 is 0 Å². The maximum absolute atomic E-state index is 5.21. The van der Waals surface area contributed by atoms with Gasteiger partial charge in [-0.2, -0.15) is 0 Å². The van der Waals surface area contributed by atoms with Crippen molar-refractivity contribution in [2.75, 3.05) is 6.61 Å². The highest BCUT2D eigenvalue weighted by molar-refractivity contribution is 6.27. The summed E-state index contributed by atoms with van der Waals surface area (Å²) in [6.45, 7) is 1.06. The second-order valence-corrected chi connectivity index (χ2v) is 3.20. The highest BCUT2D eigenvalue weighted by Gasteiger charge is 1.96. The Kier molecular flexibility index (Phi) is 1.71. The highest BCUT2D eigenvalue weighted by Crippen LogP contribution is 2.01. The van der Waals surface area contributed by atoms with E-state index < -0.39 is 0 Å². The topological polar surface area (TPSA) is 9.23 Å². The lowest BCUT2D eigenvalue weighted by Crippen LogP contribution is -2.06. The summed E-state index contributed by atoms with van der Waals surface area (Å²) < 4.78 is 5.21. The van der Waals surface area contributed by atoms with E-state index in [2.05, 4.69) is 0 Å². The van der Waals surface area contributed by atoms with Crippen molar-refractivity contribution >= 4 is 9.76 Å². The molecule has 1 nitrogen and oxygen atoms in total. The SMILES string of the molecule is C1CC[SiH2]OC1.[H+].[H+]. The van der Waals surface area contributed by atoms with Gasteiger partial charge in [0, 0.05) is 6.61 Å². The van der Waals surface area contributed by atoms with E-state index in [0.717, 1.165) is 6.61 Å². The maximum Gasteiger partial charge on any atom is 1.00 e. The third kappa shape index (κ3) is 1.10. The van der Waals surface area contributed by atoms with Crippen molar-refractivity contribution in [1.82, 2.24) is 0 Å². The molecule has 0 unspecified atom stereocenters. The zero-order chi connectivity index (χ0) is 4.24. The average molecular weight is 104 g/mol. The third-order valence-electron chi connectivity index (χ3n) is 1.08. The van der Waals surface area contributed by atoms with Crippen LogP contribution >= 0.6 is 0 Å². The maximum atomic E-state index is 5.21. The second-order valence-electron chi connectivity index (χ2n) is 1.67. The molecule has 1 heterocycles. The minimum absolute atomic E-state index is 0. The van der Waals surface area contributed by atoms with Gasteiger partial charge in [0.05, 0.1) is 0 Å². The van der Waals surface area contributed by atoms with Gasteiger partial charge in [-0.05, 0) is 12.5 Å². The number of rotatable bonds is 0. The van der Waals surface area contributed by atoms with E-state index in [1.807, 2.05) is 0 Å². The Morgan fingerprint density at radius 3 is 2.67 bits per heavy atom. The second kappa shape index (κ2) is 2.37. The Morgan fingerprint density at radius 2 is 2.50 bits per heavy atom. The molecule has 0 aliphatic carbocycles. The summed E-state index contributed by atoms with van der Waals surface area (Å²) in [5.74, 6) is 0. The van der Waals surface area contributed by atoms with Crippen LogP contribution in [-0.4, -0.2) is 16.4 Å². The first-order valence-corrected chi connectivity index (χ1v) is 4.15. The molecule has 0 aromatic carbocycles. The lowest BCUT2D eigenvalue weighted by Gasteiger charge is -2.07. The van der Waals surface area contributed by atoms with E-state index in [1.54, 1.807) is 0 Å². The summed E-state index contributed by atoms with van der Waals surface area (Å²) in [6, 6.07) is 1.42. The van der Waals surface area contributed by atoms with E-state index in [1.165, 1.54) is 18.9 Å². The zero-order valence-electron chi connectivity index (χ0n) is 5.94. The van der Waals surface area contributed by atoms with E-state index in [-0.39, 0.29) is 12.6 Å². The standard InChI is InChI=1S/C4H10OSi/c1-2-4-6-5-3-1/h1-4,6H2/p+2. The predicted molar refractivity (Wildman–Crippen MR) is 30.8 cm³/mol. The first-order valence-electron chi connectivity index (χ1n) is 2.58. The van der Waals surface area contributed by atoms with Crippen molar-refractivity contribution in [2.24, 2.45) is 0 Å². The molecule has 6 heavy (non-hydrogen) atoms. The van der Waals surface area contributed by atoms with Crippen LogP contribution in [0.25, 0.3) is 0 Å². The summed E-state index contributed by atoms with van der Waals surface area (Å²) in [5.41, 5.74) is 0. The largest absolute Gasteiger partial charge is 1.00 e. The molecule has 0 atom stereocenters. The molecule has 36 valence electrons. The van der Waals surface area contributed by atoms with Crippen LogP contribution in [0.3, 0.4) is 0 Å². The van der Waals surface area contributed by atoms with Gasteiger partial charge in [-0.1, -0.05) is 6.42 Å². The molecule has 1 aliphatic heterocycles. The summed E-state index contributed by atoms with van der Waals surface area (Å²) in [5, 5.41) is 0. The molecule has 0 aromatic heterocycles. The average Bonchev–Trinajstić information content (AvgIpc) is 1.72. The fourth-order valence-corrected chi connectivity index (χ4v) is 1.86. The van der Waals surface area contributed by atoms with Crippen molar-refractivity contribution < 1.29 is 7.28 Å². The molecular weight excluding hydrogens is 92.1 g/mol. The Labute approximate surface area is 43.6 Å². The van der Waals surface area contributed by atoms with E-state index in [4.69, 9.17) is 4.43 Å². The molecule has 0 spiro atoms. The molecule has 1 rings (SSSR count). The van der Waals surface area contributed by atoms with Crippen LogP contribution in [0.1, 0.15) is 15.7 Å². The zero-order valence-corrected chi connectivity index (χ0v) is 5.36. The molecule has 0 bridgehead atoms. The van der Waals surface area contributed by atoms with Gasteiger partial charge in [0.25, 0.3) is 0 Å². The molecule has 0 N–H and O–H groups in total. The van der Waals surface area contributed by atoms with Gasteiger partial charge in [-0.25, -0.2) is 0 Å². The Hall–Kier alpha value is 0.177. The fraction of sp³-hybridized carbons (Fsp3) is 1.00. The van der Waals surface area contributed by atoms with Crippen LogP contribution < -0.4 is 0 Å². The van der Waals surface area contributed by atoms with Gasteiger partial charge in [0.15, 0.2) is 9.76 Å². The molecule has 0 saturated carbocycles. The molecule has 1 saturated heterocycles. The van der Waals surface area contributed by atoms with Gasteiger partial charge in [0.1, 0.15) is 0 Å². The van der Waals surface area contributed by atoms with Crippen molar-refractivity contribution in [2.45, 2.75) is 18.9 Å². The van der Waals surface area contributed by atoms with Gasteiger partial charge in [-0.3, -0.25) is 0 Å². The molecular formula is C4H12OSi+2. The van der Waals surface area contributed by atoms with Crippen molar-refractivity contribution in [3.8, 4) is 0 Å². The highest BCUT2D eigenvalue weighted by atomic mass is 28.2.